The molecule has 1 unspecified atom stereocenters. The number of piperidine rings is 1. The predicted molar refractivity (Wildman–Crippen MR) is 141 cm³/mol. The average molecular weight is 544 g/mol. The maximum Gasteiger partial charge on any atom is 0.573 e. The smallest absolute Gasteiger partial charge is 0.406 e. The number of likely N-dealkylation sites (tertiary alicyclic amines) is 2. The molecule has 3 heterocycles. The molecule has 210 valence electrons. The second-order valence-corrected chi connectivity index (χ2v) is 11.1. The van der Waals surface area contributed by atoms with Crippen LogP contribution in [0, 0.1) is 11.3 Å². The standard InChI is InChI=1S/C30H36F3N3O3/c1-2-26(37)27(25-19-34-18-24(25)22-6-4-3-5-7-22)35-15-12-29(13-16-35)14-17-36(28(29)38)20-21-8-10-23(11-9-21)39-30(31,32)33/h3-11,24-25,27,34H,2,12-20H2,1H3/t24-,25-,27?/m1/s1. The monoisotopic (exact) mass is 543 g/mol. The Morgan fingerprint density at radius 2 is 1.69 bits per heavy atom. The Hall–Kier alpha value is -2.91. The number of amides is 1. The number of Topliss-reactive ketones (excluding diaryl/α,β-unsaturated/α-hetero) is 1. The van der Waals surface area contributed by atoms with Crippen molar-refractivity contribution in [2.75, 3.05) is 32.7 Å². The molecule has 3 fully saturated rings. The summed E-state index contributed by atoms with van der Waals surface area (Å²) in [6, 6.07) is 15.9. The van der Waals surface area contributed by atoms with E-state index >= 15 is 0 Å². The van der Waals surface area contributed by atoms with Crippen molar-refractivity contribution < 1.29 is 27.5 Å². The highest BCUT2D eigenvalue weighted by Gasteiger charge is 2.50. The molecule has 9 heteroatoms. The van der Waals surface area contributed by atoms with Gasteiger partial charge in [0.2, 0.25) is 5.91 Å². The number of benzene rings is 2. The van der Waals surface area contributed by atoms with Crippen molar-refractivity contribution in [1.82, 2.24) is 15.1 Å². The van der Waals surface area contributed by atoms with Crippen LogP contribution in [0.25, 0.3) is 0 Å². The molecular formula is C30H36F3N3O3. The van der Waals surface area contributed by atoms with Gasteiger partial charge >= 0.3 is 6.36 Å². The molecule has 3 atom stereocenters. The van der Waals surface area contributed by atoms with E-state index in [1.54, 1.807) is 12.1 Å². The molecule has 6 nitrogen and oxygen atoms in total. The van der Waals surface area contributed by atoms with Crippen LogP contribution in [0.15, 0.2) is 54.6 Å². The van der Waals surface area contributed by atoms with Crippen LogP contribution < -0.4 is 10.1 Å². The van der Waals surface area contributed by atoms with E-state index in [-0.39, 0.29) is 35.3 Å². The van der Waals surface area contributed by atoms with Crippen LogP contribution in [-0.4, -0.2) is 66.6 Å². The number of hydrogen-bond acceptors (Lipinski definition) is 5. The summed E-state index contributed by atoms with van der Waals surface area (Å²) in [5.74, 6) is 0.567. The lowest BCUT2D eigenvalue weighted by atomic mass is 9.75. The molecule has 1 spiro atoms. The number of hydrogen-bond donors (Lipinski definition) is 1. The first kappa shape index (κ1) is 27.6. The van der Waals surface area contributed by atoms with Crippen molar-refractivity contribution >= 4 is 11.7 Å². The molecule has 3 saturated heterocycles. The summed E-state index contributed by atoms with van der Waals surface area (Å²) in [6.45, 7) is 5.99. The van der Waals surface area contributed by atoms with E-state index in [2.05, 4.69) is 27.1 Å². The first-order valence-electron chi connectivity index (χ1n) is 13.9. The van der Waals surface area contributed by atoms with Crippen molar-refractivity contribution in [2.45, 2.75) is 57.5 Å². The van der Waals surface area contributed by atoms with Gasteiger partial charge in [0.1, 0.15) is 11.5 Å². The van der Waals surface area contributed by atoms with Crippen molar-refractivity contribution in [3.8, 4) is 5.75 Å². The van der Waals surface area contributed by atoms with E-state index < -0.39 is 11.8 Å². The molecule has 0 radical (unpaired) electrons. The fourth-order valence-electron chi connectivity index (χ4n) is 6.77. The van der Waals surface area contributed by atoms with Gasteiger partial charge in [-0.05, 0) is 55.6 Å². The number of carbonyl (C=O) groups excluding carboxylic acids is 2. The third-order valence-electron chi connectivity index (χ3n) is 8.85. The van der Waals surface area contributed by atoms with Crippen LogP contribution in [0.3, 0.4) is 0 Å². The lowest BCUT2D eigenvalue weighted by molar-refractivity contribution is -0.274. The maximum absolute atomic E-state index is 13.6. The van der Waals surface area contributed by atoms with Crippen LogP contribution in [0.1, 0.15) is 49.7 Å². The van der Waals surface area contributed by atoms with Gasteiger partial charge in [0.15, 0.2) is 0 Å². The largest absolute Gasteiger partial charge is 0.573 e. The highest BCUT2D eigenvalue weighted by atomic mass is 19.4. The van der Waals surface area contributed by atoms with Gasteiger partial charge in [-0.2, -0.15) is 0 Å². The zero-order valence-electron chi connectivity index (χ0n) is 22.3. The Bertz CT molecular complexity index is 1150. The summed E-state index contributed by atoms with van der Waals surface area (Å²) in [6.07, 6.45) is -2.05. The summed E-state index contributed by atoms with van der Waals surface area (Å²) >= 11 is 0. The second-order valence-electron chi connectivity index (χ2n) is 11.1. The number of nitrogens with one attached hydrogen (secondary N) is 1. The van der Waals surface area contributed by atoms with Crippen molar-refractivity contribution in [1.29, 1.82) is 0 Å². The van der Waals surface area contributed by atoms with Gasteiger partial charge in [0.05, 0.1) is 11.5 Å². The maximum atomic E-state index is 13.6. The van der Waals surface area contributed by atoms with Gasteiger partial charge in [-0.15, -0.1) is 13.2 Å². The number of ketones is 1. The fourth-order valence-corrected chi connectivity index (χ4v) is 6.77. The number of ether oxygens (including phenoxy) is 1. The molecule has 1 amide bonds. The molecule has 0 aliphatic carbocycles. The molecule has 0 saturated carbocycles. The number of nitrogens with zero attached hydrogens (tertiary/aromatic N) is 2. The van der Waals surface area contributed by atoms with E-state index in [1.165, 1.54) is 17.7 Å². The fraction of sp³-hybridized carbons (Fsp3) is 0.533. The molecule has 5 rings (SSSR count). The van der Waals surface area contributed by atoms with Crippen molar-refractivity contribution in [3.05, 3.63) is 65.7 Å². The van der Waals surface area contributed by atoms with E-state index in [4.69, 9.17) is 0 Å². The van der Waals surface area contributed by atoms with E-state index in [9.17, 15) is 22.8 Å². The number of alkyl halides is 3. The molecular weight excluding hydrogens is 507 g/mol. The van der Waals surface area contributed by atoms with E-state index in [0.29, 0.717) is 45.4 Å². The minimum Gasteiger partial charge on any atom is -0.406 e. The molecule has 3 aliphatic rings. The normalized spacial score (nSPS) is 24.3. The van der Waals surface area contributed by atoms with Crippen LogP contribution in [0.4, 0.5) is 13.2 Å². The molecule has 3 aliphatic heterocycles. The molecule has 0 bridgehead atoms. The Morgan fingerprint density at radius 3 is 2.33 bits per heavy atom. The average Bonchev–Trinajstić information content (AvgIpc) is 3.52. The number of halogens is 3. The van der Waals surface area contributed by atoms with Crippen molar-refractivity contribution in [3.63, 3.8) is 0 Å². The molecule has 1 N–H and O–H groups in total. The summed E-state index contributed by atoms with van der Waals surface area (Å²) in [5.41, 5.74) is 1.60. The molecule has 2 aromatic rings. The van der Waals surface area contributed by atoms with Crippen LogP contribution >= 0.6 is 0 Å². The lowest BCUT2D eigenvalue weighted by Gasteiger charge is -2.43. The summed E-state index contributed by atoms with van der Waals surface area (Å²) in [7, 11) is 0. The second kappa shape index (κ2) is 11.3. The lowest BCUT2D eigenvalue weighted by Crippen LogP contribution is -2.54. The Morgan fingerprint density at radius 1 is 1.03 bits per heavy atom. The third kappa shape index (κ3) is 5.99. The first-order valence-corrected chi connectivity index (χ1v) is 13.9. The number of rotatable bonds is 8. The first-order chi connectivity index (χ1) is 18.7. The molecule has 39 heavy (non-hydrogen) atoms. The van der Waals surface area contributed by atoms with E-state index in [0.717, 1.165) is 25.1 Å². The van der Waals surface area contributed by atoms with Crippen LogP contribution in [-0.2, 0) is 16.1 Å². The summed E-state index contributed by atoms with van der Waals surface area (Å²) in [5, 5.41) is 3.52. The van der Waals surface area contributed by atoms with Crippen LogP contribution in [0.5, 0.6) is 5.75 Å². The van der Waals surface area contributed by atoms with Gasteiger partial charge in [0, 0.05) is 44.4 Å². The quantitative estimate of drug-likeness (QED) is 0.521. The highest BCUT2D eigenvalue weighted by molar-refractivity contribution is 5.86. The highest BCUT2D eigenvalue weighted by Crippen LogP contribution is 2.44. The van der Waals surface area contributed by atoms with Gasteiger partial charge in [-0.1, -0.05) is 49.4 Å². The molecule has 2 aromatic carbocycles. The topological polar surface area (TPSA) is 61.9 Å². The van der Waals surface area contributed by atoms with Gasteiger partial charge in [-0.3, -0.25) is 14.5 Å². The SMILES string of the molecule is CCC(=O)C([C@@H]1CNC[C@@H]1c1ccccc1)N1CCC2(CCN(Cc3ccc(OC(F)(F)F)cc3)C2=O)CC1. The van der Waals surface area contributed by atoms with Crippen molar-refractivity contribution in [2.24, 2.45) is 11.3 Å². The zero-order chi connectivity index (χ0) is 27.6. The Balaban J connectivity index is 1.23. The summed E-state index contributed by atoms with van der Waals surface area (Å²) in [4.78, 5) is 31.0. The third-order valence-corrected chi connectivity index (χ3v) is 8.85. The summed E-state index contributed by atoms with van der Waals surface area (Å²) < 4.78 is 41.3. The minimum atomic E-state index is -4.73. The Kier molecular flexibility index (Phi) is 8.01. The van der Waals surface area contributed by atoms with Gasteiger partial charge in [0.25, 0.3) is 0 Å². The van der Waals surface area contributed by atoms with Gasteiger partial charge in [-0.25, -0.2) is 0 Å². The minimum absolute atomic E-state index is 0.112. The van der Waals surface area contributed by atoms with Crippen LogP contribution in [0.2, 0.25) is 0 Å². The number of carbonyl (C=O) groups is 2. The zero-order valence-corrected chi connectivity index (χ0v) is 22.3. The van der Waals surface area contributed by atoms with E-state index in [1.807, 2.05) is 30.0 Å². The predicted octanol–water partition coefficient (Wildman–Crippen LogP) is 4.75. The Labute approximate surface area is 227 Å². The molecule has 0 aromatic heterocycles. The van der Waals surface area contributed by atoms with Gasteiger partial charge < -0.3 is 15.0 Å².